The molecule has 0 aromatic heterocycles. The molecule has 0 heterocycles. The third kappa shape index (κ3) is 20.2. The van der Waals surface area contributed by atoms with E-state index in [1.54, 1.807) is 0 Å². The van der Waals surface area contributed by atoms with Gasteiger partial charge >= 0.3 is 21.6 Å². The van der Waals surface area contributed by atoms with Crippen molar-refractivity contribution >= 4 is 53.8 Å². The second-order valence-corrected chi connectivity index (χ2v) is 6.39. The minimum Gasteiger partial charge on any atom is -0.460 e. The molecule has 0 aliphatic heterocycles. The molecule has 14 heteroatoms. The molecule has 20 heavy (non-hydrogen) atoms. The molecule has 0 spiro atoms. The van der Waals surface area contributed by atoms with E-state index in [2.05, 4.69) is 9.47 Å². The van der Waals surface area contributed by atoms with E-state index in [1.807, 2.05) is 0 Å². The third-order valence-electron chi connectivity index (χ3n) is 0.742. The first-order chi connectivity index (χ1) is 8.91. The van der Waals surface area contributed by atoms with E-state index in [1.165, 1.54) is 0 Å². The van der Waals surface area contributed by atoms with Gasteiger partial charge in [-0.2, -0.15) is 26.3 Å². The van der Waals surface area contributed by atoms with Gasteiger partial charge in [-0.05, 0) is 0 Å². The van der Waals surface area contributed by atoms with E-state index < -0.39 is 43.2 Å². The number of rotatable bonds is 2. The first-order valence-electron chi connectivity index (χ1n) is 3.92. The zero-order valence-corrected chi connectivity index (χ0v) is 12.8. The van der Waals surface area contributed by atoms with Crippen molar-refractivity contribution in [1.29, 1.82) is 0 Å². The van der Waals surface area contributed by atoms with Gasteiger partial charge in [0.05, 0.1) is 14.2 Å². The molecule has 0 aliphatic carbocycles. The minimum atomic E-state index is -4.39. The molecule has 0 radical (unpaired) electrons. The Kier molecular flexibility index (Phi) is 11.8. The van der Waals surface area contributed by atoms with Crippen LogP contribution in [0.5, 0.6) is 0 Å². The fourth-order valence-corrected chi connectivity index (χ4v) is 2.08. The molecule has 0 bridgehead atoms. The Balaban J connectivity index is 0. The molecule has 0 aromatic rings. The highest BCUT2D eigenvalue weighted by molar-refractivity contribution is 8.82. The summed E-state index contributed by atoms with van der Waals surface area (Å²) in [5.41, 5.74) is -8.78. The number of alkyl halides is 6. The van der Waals surface area contributed by atoms with Crippen molar-refractivity contribution in [3.8, 4) is 0 Å². The topological polar surface area (TPSA) is 52.6 Å². The fourth-order valence-electron chi connectivity index (χ4n) is 0.231. The zero-order chi connectivity index (χ0) is 16.4. The summed E-state index contributed by atoms with van der Waals surface area (Å²) in [6, 6.07) is 0. The van der Waals surface area contributed by atoms with Crippen LogP contribution >= 0.6 is 43.2 Å². The van der Waals surface area contributed by atoms with Gasteiger partial charge in [0.25, 0.3) is 0 Å². The lowest BCUT2D eigenvalue weighted by molar-refractivity contribution is -0.0320. The number of carbonyl (C=O) groups is 2. The molecule has 0 unspecified atom stereocenters. The monoisotopic (exact) mass is 384 g/mol. The molecule has 0 rings (SSSR count). The van der Waals surface area contributed by atoms with E-state index in [0.717, 1.165) is 14.2 Å². The average molecular weight is 384 g/mol. The normalized spacial score (nSPS) is 11.2. The lowest BCUT2D eigenvalue weighted by Gasteiger charge is -2.01. The standard InChI is InChI=1S/2C3H3F3O2S2/c2*1-8-2(7)9-10-3(4,5)6/h2*1H3. The van der Waals surface area contributed by atoms with E-state index in [9.17, 15) is 35.9 Å². The lowest BCUT2D eigenvalue weighted by atomic mass is 11.5. The summed E-state index contributed by atoms with van der Waals surface area (Å²) in [4.78, 5) is 20.2. The van der Waals surface area contributed by atoms with Crippen LogP contribution in [-0.2, 0) is 9.47 Å². The molecule has 120 valence electrons. The van der Waals surface area contributed by atoms with Crippen LogP contribution in [0.15, 0.2) is 0 Å². The van der Waals surface area contributed by atoms with Crippen LogP contribution in [0.1, 0.15) is 0 Å². The molecular formula is C6H6F6O4S4. The van der Waals surface area contributed by atoms with Crippen molar-refractivity contribution in [3.63, 3.8) is 0 Å². The van der Waals surface area contributed by atoms with Crippen molar-refractivity contribution in [3.05, 3.63) is 0 Å². The van der Waals surface area contributed by atoms with E-state index in [-0.39, 0.29) is 21.6 Å². The molecule has 0 saturated carbocycles. The number of methoxy groups -OCH3 is 2. The zero-order valence-electron chi connectivity index (χ0n) is 9.53. The smallest absolute Gasteiger partial charge is 0.452 e. The van der Waals surface area contributed by atoms with Crippen molar-refractivity contribution in [1.82, 2.24) is 0 Å². The van der Waals surface area contributed by atoms with Gasteiger partial charge in [-0.15, -0.1) is 0 Å². The predicted molar refractivity (Wildman–Crippen MR) is 67.3 cm³/mol. The minimum absolute atomic E-state index is 0.0139. The maximum atomic E-state index is 11.3. The highest BCUT2D eigenvalue weighted by Crippen LogP contribution is 2.40. The molecular weight excluding hydrogens is 378 g/mol. The van der Waals surface area contributed by atoms with E-state index in [0.29, 0.717) is 0 Å². The highest BCUT2D eigenvalue weighted by atomic mass is 33.1. The molecule has 0 aliphatic rings. The molecule has 4 nitrogen and oxygen atoms in total. The number of hydrogen-bond acceptors (Lipinski definition) is 8. The molecule has 0 N–H and O–H groups in total. The largest absolute Gasteiger partial charge is 0.460 e. The van der Waals surface area contributed by atoms with Gasteiger partial charge in [0.15, 0.2) is 0 Å². The number of ether oxygens (including phenoxy) is 2. The van der Waals surface area contributed by atoms with Crippen LogP contribution in [0.3, 0.4) is 0 Å². The maximum Gasteiger partial charge on any atom is 0.452 e. The van der Waals surface area contributed by atoms with Crippen molar-refractivity contribution < 1.29 is 45.4 Å². The van der Waals surface area contributed by atoms with Crippen LogP contribution in [0, 0.1) is 0 Å². The summed E-state index contributed by atoms with van der Waals surface area (Å²) >= 11 is 0. The average Bonchev–Trinajstić information content (AvgIpc) is 2.31. The Morgan fingerprint density at radius 2 is 1.00 bits per heavy atom. The summed E-state index contributed by atoms with van der Waals surface area (Å²) in [6.07, 6.45) is 0. The second kappa shape index (κ2) is 10.6. The summed E-state index contributed by atoms with van der Waals surface area (Å²) in [6.45, 7) is 0. The molecule has 0 amide bonds. The second-order valence-electron chi connectivity index (χ2n) is 2.13. The summed E-state index contributed by atoms with van der Waals surface area (Å²) in [7, 11) is 1.08. The van der Waals surface area contributed by atoms with Gasteiger partial charge in [-0.25, -0.2) is 9.59 Å². The summed E-state index contributed by atoms with van der Waals surface area (Å²) < 4.78 is 75.6. The van der Waals surface area contributed by atoms with Gasteiger partial charge in [0.1, 0.15) is 0 Å². The first-order valence-corrected chi connectivity index (χ1v) is 8.22. The molecule has 0 fully saturated rings. The first kappa shape index (κ1) is 22.2. The lowest BCUT2D eigenvalue weighted by Crippen LogP contribution is -1.98. The summed E-state index contributed by atoms with van der Waals surface area (Å²) in [5.74, 6) is 0. The quantitative estimate of drug-likeness (QED) is 0.361. The Hall–Kier alpha value is -0.0800. The SMILES string of the molecule is COC(=O)SSC(F)(F)F.COC(=O)SSC(F)(F)F. The maximum absolute atomic E-state index is 11.3. The van der Waals surface area contributed by atoms with Crippen LogP contribution in [-0.4, -0.2) is 35.8 Å². The summed E-state index contributed by atoms with van der Waals surface area (Å²) in [5, 5.41) is -1.91. The number of carbonyl (C=O) groups excluding carboxylic acids is 2. The number of halogens is 6. The van der Waals surface area contributed by atoms with E-state index in [4.69, 9.17) is 0 Å². The van der Waals surface area contributed by atoms with Gasteiger partial charge in [0.2, 0.25) is 0 Å². The van der Waals surface area contributed by atoms with Gasteiger partial charge in [0, 0.05) is 43.2 Å². The van der Waals surface area contributed by atoms with Crippen LogP contribution < -0.4 is 0 Å². The van der Waals surface area contributed by atoms with E-state index >= 15 is 0 Å². The fraction of sp³-hybridized carbons (Fsp3) is 0.667. The predicted octanol–water partition coefficient (Wildman–Crippen LogP) is 5.31. The Morgan fingerprint density at radius 1 is 0.750 bits per heavy atom. The Bertz CT molecular complexity index is 277. The van der Waals surface area contributed by atoms with Crippen LogP contribution in [0.4, 0.5) is 35.9 Å². The van der Waals surface area contributed by atoms with Gasteiger partial charge < -0.3 is 9.47 Å². The Labute approximate surface area is 124 Å². The van der Waals surface area contributed by atoms with Crippen molar-refractivity contribution in [2.45, 2.75) is 11.0 Å². The van der Waals surface area contributed by atoms with Gasteiger partial charge in [-0.1, -0.05) is 0 Å². The molecule has 0 saturated heterocycles. The van der Waals surface area contributed by atoms with Crippen LogP contribution in [0.25, 0.3) is 0 Å². The molecule has 0 atom stereocenters. The highest BCUT2D eigenvalue weighted by Gasteiger charge is 2.31. The Morgan fingerprint density at radius 3 is 1.15 bits per heavy atom. The van der Waals surface area contributed by atoms with Gasteiger partial charge in [-0.3, -0.25) is 0 Å². The van der Waals surface area contributed by atoms with Crippen molar-refractivity contribution in [2.75, 3.05) is 14.2 Å². The van der Waals surface area contributed by atoms with Crippen LogP contribution in [0.2, 0.25) is 0 Å². The number of hydrogen-bond donors (Lipinski definition) is 0. The molecule has 0 aromatic carbocycles. The van der Waals surface area contributed by atoms with Crippen molar-refractivity contribution in [2.24, 2.45) is 0 Å². The third-order valence-corrected chi connectivity index (χ3v) is 4.34.